The molecular weight excluding hydrogens is 586 g/mol. The third-order valence-corrected chi connectivity index (χ3v) is 7.74. The first-order valence-electron chi connectivity index (χ1n) is 11.7. The molecule has 1 N–H and O–H groups in total. The van der Waals surface area contributed by atoms with E-state index in [0.717, 1.165) is 39.6 Å². The van der Waals surface area contributed by atoms with Crippen LogP contribution in [0.4, 0.5) is 23.7 Å². The Labute approximate surface area is 240 Å². The number of carbonyl (C=O) groups is 3. The molecule has 5 rings (SSSR count). The molecule has 4 aromatic rings. The van der Waals surface area contributed by atoms with Crippen LogP contribution in [0, 0.1) is 0 Å². The molecule has 0 bridgehead atoms. The van der Waals surface area contributed by atoms with Gasteiger partial charge in [-0.3, -0.25) is 19.3 Å². The van der Waals surface area contributed by atoms with E-state index in [9.17, 15) is 27.6 Å². The van der Waals surface area contributed by atoms with Crippen LogP contribution < -0.4 is 5.32 Å². The number of hydrogen-bond donors (Lipinski definition) is 1. The highest BCUT2D eigenvalue weighted by molar-refractivity contribution is 8.18. The van der Waals surface area contributed by atoms with Crippen molar-refractivity contribution in [2.45, 2.75) is 12.7 Å². The van der Waals surface area contributed by atoms with E-state index in [-0.39, 0.29) is 10.6 Å². The Hall–Kier alpha value is -3.73. The van der Waals surface area contributed by atoms with Gasteiger partial charge < -0.3 is 9.88 Å². The van der Waals surface area contributed by atoms with E-state index in [1.807, 2.05) is 41.1 Å². The van der Waals surface area contributed by atoms with E-state index in [0.29, 0.717) is 33.9 Å². The summed E-state index contributed by atoms with van der Waals surface area (Å²) in [6.45, 7) is -0.167. The second-order valence-corrected chi connectivity index (χ2v) is 10.7. The van der Waals surface area contributed by atoms with Crippen LogP contribution in [0.25, 0.3) is 17.0 Å². The van der Waals surface area contributed by atoms with Gasteiger partial charge in [0.2, 0.25) is 5.91 Å². The lowest BCUT2D eigenvalue weighted by Crippen LogP contribution is -2.36. The Morgan fingerprint density at radius 1 is 0.975 bits per heavy atom. The molecule has 204 valence electrons. The zero-order chi connectivity index (χ0) is 28.6. The van der Waals surface area contributed by atoms with Gasteiger partial charge in [0.15, 0.2) is 0 Å². The summed E-state index contributed by atoms with van der Waals surface area (Å²) in [5.41, 5.74) is 1.46. The van der Waals surface area contributed by atoms with Crippen molar-refractivity contribution in [1.82, 2.24) is 9.47 Å². The highest BCUT2D eigenvalue weighted by Gasteiger charge is 2.37. The largest absolute Gasteiger partial charge is 0.416 e. The van der Waals surface area contributed by atoms with Gasteiger partial charge in [0.25, 0.3) is 11.1 Å². The zero-order valence-electron chi connectivity index (χ0n) is 20.3. The molecule has 2 heterocycles. The molecule has 12 heteroatoms. The van der Waals surface area contributed by atoms with Crippen molar-refractivity contribution < 1.29 is 27.6 Å². The molecule has 40 heavy (non-hydrogen) atoms. The van der Waals surface area contributed by atoms with Gasteiger partial charge in [-0.15, -0.1) is 0 Å². The van der Waals surface area contributed by atoms with E-state index < -0.39 is 35.3 Å². The van der Waals surface area contributed by atoms with Gasteiger partial charge in [0, 0.05) is 34.9 Å². The van der Waals surface area contributed by atoms with Crippen LogP contribution in [0.15, 0.2) is 77.8 Å². The summed E-state index contributed by atoms with van der Waals surface area (Å²) in [5, 5.41) is 3.38. The number of nitrogens with zero attached hydrogens (tertiary/aromatic N) is 2. The average molecular weight is 604 g/mol. The van der Waals surface area contributed by atoms with Gasteiger partial charge in [0.05, 0.1) is 20.5 Å². The fraction of sp³-hybridized carbons (Fsp3) is 0.107. The topological polar surface area (TPSA) is 71.4 Å². The number of alkyl halides is 3. The summed E-state index contributed by atoms with van der Waals surface area (Å²) in [6, 6.07) is 17.0. The normalized spacial score (nSPS) is 14.9. The Balaban J connectivity index is 1.35. The molecule has 0 spiro atoms. The maximum absolute atomic E-state index is 13.1. The summed E-state index contributed by atoms with van der Waals surface area (Å²) < 4.78 is 40.9. The maximum atomic E-state index is 13.1. The molecule has 1 aliphatic rings. The number of fused-ring (bicyclic) bond motifs is 1. The molecule has 1 fully saturated rings. The molecule has 0 unspecified atom stereocenters. The fourth-order valence-corrected chi connectivity index (χ4v) is 5.40. The minimum Gasteiger partial charge on any atom is -0.342 e. The van der Waals surface area contributed by atoms with Crippen molar-refractivity contribution in [1.29, 1.82) is 0 Å². The molecule has 1 aliphatic heterocycles. The fourth-order valence-electron chi connectivity index (χ4n) is 4.25. The number of anilines is 1. The van der Waals surface area contributed by atoms with Crippen LogP contribution >= 0.6 is 35.0 Å². The van der Waals surface area contributed by atoms with Crippen molar-refractivity contribution in [3.05, 3.63) is 105 Å². The van der Waals surface area contributed by atoms with E-state index >= 15 is 0 Å². The summed E-state index contributed by atoms with van der Waals surface area (Å²) in [7, 11) is 0. The predicted octanol–water partition coefficient (Wildman–Crippen LogP) is 7.69. The first-order chi connectivity index (χ1) is 19.0. The number of imide groups is 1. The molecule has 0 atom stereocenters. The standard InChI is InChI=1S/C28H18Cl2F3N3O3S/c29-21-9-8-16(10-22(21)30)13-35-14-17(20-6-1-2-7-23(20)35)11-24-26(38)36(27(39)40-24)15-25(37)34-19-5-3-4-18(12-19)28(31,32)33/h1-12,14H,13,15H2,(H,34,37)/b24-11-. The van der Waals surface area contributed by atoms with Crippen LogP contribution in [0.2, 0.25) is 10.0 Å². The number of thioether (sulfide) groups is 1. The van der Waals surface area contributed by atoms with Crippen LogP contribution in [0.5, 0.6) is 0 Å². The van der Waals surface area contributed by atoms with Gasteiger partial charge in [-0.2, -0.15) is 13.2 Å². The van der Waals surface area contributed by atoms with Crippen molar-refractivity contribution >= 4 is 74.7 Å². The smallest absolute Gasteiger partial charge is 0.342 e. The van der Waals surface area contributed by atoms with Crippen molar-refractivity contribution in [3.63, 3.8) is 0 Å². The number of benzene rings is 3. The van der Waals surface area contributed by atoms with Crippen molar-refractivity contribution in [3.8, 4) is 0 Å². The maximum Gasteiger partial charge on any atom is 0.416 e. The molecule has 1 saturated heterocycles. The average Bonchev–Trinajstić information content (AvgIpc) is 3.37. The van der Waals surface area contributed by atoms with Crippen LogP contribution in [-0.4, -0.2) is 33.1 Å². The van der Waals surface area contributed by atoms with Crippen LogP contribution in [-0.2, 0) is 22.3 Å². The molecular formula is C28H18Cl2F3N3O3S. The summed E-state index contributed by atoms with van der Waals surface area (Å²) in [5.74, 6) is -1.48. The first-order valence-corrected chi connectivity index (χ1v) is 13.3. The lowest BCUT2D eigenvalue weighted by atomic mass is 10.1. The van der Waals surface area contributed by atoms with Gasteiger partial charge >= 0.3 is 6.18 Å². The number of rotatable bonds is 6. The molecule has 6 nitrogen and oxygen atoms in total. The van der Waals surface area contributed by atoms with Gasteiger partial charge in [-0.25, -0.2) is 0 Å². The van der Waals surface area contributed by atoms with E-state index in [1.54, 1.807) is 18.2 Å². The number of nitrogens with one attached hydrogen (secondary N) is 1. The Kier molecular flexibility index (Phi) is 7.67. The Bertz CT molecular complexity index is 1700. The molecule has 3 aromatic carbocycles. The van der Waals surface area contributed by atoms with Crippen LogP contribution in [0.1, 0.15) is 16.7 Å². The number of carbonyl (C=O) groups excluding carboxylic acids is 3. The molecule has 1 aromatic heterocycles. The van der Waals surface area contributed by atoms with Gasteiger partial charge in [0.1, 0.15) is 6.54 Å². The number of amides is 3. The minimum atomic E-state index is -4.58. The Morgan fingerprint density at radius 2 is 1.75 bits per heavy atom. The second kappa shape index (κ2) is 11.0. The first kappa shape index (κ1) is 27.8. The highest BCUT2D eigenvalue weighted by atomic mass is 35.5. The van der Waals surface area contributed by atoms with E-state index in [1.165, 1.54) is 6.07 Å². The number of hydrogen-bond acceptors (Lipinski definition) is 4. The Morgan fingerprint density at radius 3 is 2.50 bits per heavy atom. The molecule has 0 radical (unpaired) electrons. The summed E-state index contributed by atoms with van der Waals surface area (Å²) in [4.78, 5) is 39.0. The number of aromatic nitrogens is 1. The van der Waals surface area contributed by atoms with E-state index in [4.69, 9.17) is 23.2 Å². The molecule has 0 aliphatic carbocycles. The van der Waals surface area contributed by atoms with Crippen molar-refractivity contribution in [2.75, 3.05) is 11.9 Å². The third kappa shape index (κ3) is 5.89. The predicted molar refractivity (Wildman–Crippen MR) is 150 cm³/mol. The SMILES string of the molecule is O=C(CN1C(=O)S/C(=C\c2cn(Cc3ccc(Cl)c(Cl)c3)c3ccccc23)C1=O)Nc1cccc(C(F)(F)F)c1. The lowest BCUT2D eigenvalue weighted by Gasteiger charge is -2.13. The lowest BCUT2D eigenvalue weighted by molar-refractivity contribution is -0.137. The number of halogens is 5. The quantitative estimate of drug-likeness (QED) is 0.229. The van der Waals surface area contributed by atoms with E-state index in [2.05, 4.69) is 5.32 Å². The van der Waals surface area contributed by atoms with Gasteiger partial charge in [-0.1, -0.05) is 53.5 Å². The number of para-hydroxylation sites is 1. The van der Waals surface area contributed by atoms with Gasteiger partial charge in [-0.05, 0) is 59.8 Å². The second-order valence-electron chi connectivity index (χ2n) is 8.87. The molecule has 0 saturated carbocycles. The minimum absolute atomic E-state index is 0.0999. The highest BCUT2D eigenvalue weighted by Crippen LogP contribution is 2.35. The van der Waals surface area contributed by atoms with Crippen LogP contribution in [0.3, 0.4) is 0 Å². The monoisotopic (exact) mass is 603 g/mol. The summed E-state index contributed by atoms with van der Waals surface area (Å²) >= 11 is 12.9. The summed E-state index contributed by atoms with van der Waals surface area (Å²) in [6.07, 6.45) is -1.15. The van der Waals surface area contributed by atoms with Crippen molar-refractivity contribution in [2.24, 2.45) is 0 Å². The zero-order valence-corrected chi connectivity index (χ0v) is 22.7. The third-order valence-electron chi connectivity index (χ3n) is 6.09. The molecule has 3 amide bonds.